The molecule has 2 heterocycles. The van der Waals surface area contributed by atoms with Crippen LogP contribution in [-0.2, 0) is 6.61 Å². The van der Waals surface area contributed by atoms with Crippen LogP contribution >= 0.6 is 0 Å². The quantitative estimate of drug-likeness (QED) is 0.310. The number of nitrogens with zero attached hydrogens (tertiary/aromatic N) is 4. The van der Waals surface area contributed by atoms with Crippen molar-refractivity contribution in [3.8, 4) is 28.8 Å². The van der Waals surface area contributed by atoms with Crippen LogP contribution in [0.4, 0.5) is 0 Å². The normalized spacial score (nSPS) is 11.4. The highest BCUT2D eigenvalue weighted by Crippen LogP contribution is 2.37. The van der Waals surface area contributed by atoms with Crippen molar-refractivity contribution >= 4 is 16.8 Å². The standard InChI is InChI=1S/C29H28N4O3/c1-18(2)24-16-25(27(14-19(24)3)36-17-21-8-6-5-7-9-21)28-30-31-29(35)33(28)23-10-11-26-22(15-23)12-13-32(26)20(4)34/h5-16,18H,17H2,1-4H3,(H,31,35). The first-order valence-electron chi connectivity index (χ1n) is 11.9. The van der Waals surface area contributed by atoms with Gasteiger partial charge in [-0.3, -0.25) is 9.36 Å². The average molecular weight is 481 g/mol. The maximum atomic E-state index is 11.9. The number of carbonyl (C=O) groups is 1. The molecule has 0 unspecified atom stereocenters. The van der Waals surface area contributed by atoms with Crippen molar-refractivity contribution in [2.75, 3.05) is 0 Å². The van der Waals surface area contributed by atoms with E-state index < -0.39 is 0 Å². The Morgan fingerprint density at radius 3 is 2.53 bits per heavy atom. The summed E-state index contributed by atoms with van der Waals surface area (Å²) in [6.07, 6.45) is 1.74. The van der Waals surface area contributed by atoms with Crippen molar-refractivity contribution in [1.82, 2.24) is 19.3 Å². The molecule has 0 fully saturated rings. The van der Waals surface area contributed by atoms with Crippen molar-refractivity contribution in [3.63, 3.8) is 0 Å². The number of aromatic hydroxyl groups is 1. The zero-order chi connectivity index (χ0) is 25.4. The third-order valence-electron chi connectivity index (χ3n) is 6.39. The minimum Gasteiger partial charge on any atom is -0.488 e. The highest BCUT2D eigenvalue weighted by Gasteiger charge is 2.22. The van der Waals surface area contributed by atoms with E-state index in [1.165, 1.54) is 12.5 Å². The molecule has 0 spiro atoms. The van der Waals surface area contributed by atoms with E-state index in [9.17, 15) is 9.90 Å². The number of benzene rings is 3. The van der Waals surface area contributed by atoms with Gasteiger partial charge < -0.3 is 9.84 Å². The first kappa shape index (κ1) is 23.4. The van der Waals surface area contributed by atoms with Crippen LogP contribution in [0.15, 0.2) is 72.9 Å². The Bertz CT molecular complexity index is 1560. The lowest BCUT2D eigenvalue weighted by molar-refractivity contribution is 0.0941. The second-order valence-electron chi connectivity index (χ2n) is 9.24. The van der Waals surface area contributed by atoms with Crippen molar-refractivity contribution in [2.45, 2.75) is 40.2 Å². The van der Waals surface area contributed by atoms with Crippen molar-refractivity contribution < 1.29 is 14.6 Å². The average Bonchev–Trinajstić information content (AvgIpc) is 3.46. The molecule has 5 aromatic rings. The molecule has 2 aromatic heterocycles. The van der Waals surface area contributed by atoms with Gasteiger partial charge in [0.15, 0.2) is 5.82 Å². The van der Waals surface area contributed by atoms with E-state index in [1.54, 1.807) is 15.3 Å². The number of aryl methyl sites for hydroxylation is 1. The largest absolute Gasteiger partial charge is 0.488 e. The van der Waals surface area contributed by atoms with Crippen LogP contribution < -0.4 is 4.74 Å². The summed E-state index contributed by atoms with van der Waals surface area (Å²) in [7, 11) is 0. The number of hydrogen-bond acceptors (Lipinski definition) is 5. The van der Waals surface area contributed by atoms with Crippen molar-refractivity contribution in [2.24, 2.45) is 0 Å². The molecule has 0 radical (unpaired) electrons. The maximum Gasteiger partial charge on any atom is 0.319 e. The van der Waals surface area contributed by atoms with Gasteiger partial charge in [-0.2, -0.15) is 0 Å². The third-order valence-corrected chi connectivity index (χ3v) is 6.39. The lowest BCUT2D eigenvalue weighted by Crippen LogP contribution is -2.04. The van der Waals surface area contributed by atoms with Gasteiger partial charge in [0.05, 0.1) is 16.8 Å². The van der Waals surface area contributed by atoms with E-state index in [1.807, 2.05) is 60.7 Å². The predicted octanol–water partition coefficient (Wildman–Crippen LogP) is 6.27. The number of carbonyl (C=O) groups excluding carboxylic acids is 1. The SMILES string of the molecule is CC(=O)n1ccc2cc(-n3c(O)nnc3-c3cc(C(C)C)c(C)cc3OCc3ccccc3)ccc21. The summed E-state index contributed by atoms with van der Waals surface area (Å²) in [5, 5.41) is 19.9. The maximum absolute atomic E-state index is 11.9. The highest BCUT2D eigenvalue weighted by atomic mass is 16.5. The van der Waals surface area contributed by atoms with E-state index in [-0.39, 0.29) is 11.9 Å². The lowest BCUT2D eigenvalue weighted by Gasteiger charge is -2.18. The molecule has 0 aliphatic carbocycles. The zero-order valence-corrected chi connectivity index (χ0v) is 20.8. The minimum absolute atomic E-state index is 0.0633. The fourth-order valence-corrected chi connectivity index (χ4v) is 4.58. The first-order valence-corrected chi connectivity index (χ1v) is 11.9. The monoisotopic (exact) mass is 480 g/mol. The smallest absolute Gasteiger partial charge is 0.319 e. The Morgan fingerprint density at radius 1 is 1.03 bits per heavy atom. The highest BCUT2D eigenvalue weighted by molar-refractivity contribution is 5.92. The molecule has 36 heavy (non-hydrogen) atoms. The summed E-state index contributed by atoms with van der Waals surface area (Å²) in [6, 6.07) is 21.3. The van der Waals surface area contributed by atoms with Gasteiger partial charge in [-0.25, -0.2) is 4.57 Å². The van der Waals surface area contributed by atoms with E-state index >= 15 is 0 Å². The molecule has 182 valence electrons. The first-order chi connectivity index (χ1) is 17.3. The topological polar surface area (TPSA) is 82.2 Å². The second kappa shape index (κ2) is 9.34. The van der Waals surface area contributed by atoms with Crippen LogP contribution in [0.1, 0.15) is 48.2 Å². The van der Waals surface area contributed by atoms with Crippen LogP contribution in [0.25, 0.3) is 28.0 Å². The number of fused-ring (bicyclic) bond motifs is 1. The fraction of sp³-hybridized carbons (Fsp3) is 0.207. The summed E-state index contributed by atoms with van der Waals surface area (Å²) in [6.45, 7) is 8.29. The van der Waals surface area contributed by atoms with Crippen LogP contribution in [0, 0.1) is 6.92 Å². The molecule has 0 bridgehead atoms. The fourth-order valence-electron chi connectivity index (χ4n) is 4.58. The van der Waals surface area contributed by atoms with Gasteiger partial charge >= 0.3 is 6.01 Å². The van der Waals surface area contributed by atoms with Crippen molar-refractivity contribution in [1.29, 1.82) is 0 Å². The molecular weight excluding hydrogens is 452 g/mol. The van der Waals surface area contributed by atoms with Gasteiger partial charge in [0.2, 0.25) is 5.91 Å². The van der Waals surface area contributed by atoms with E-state index in [0.717, 1.165) is 27.6 Å². The Hall–Kier alpha value is -4.39. The van der Waals surface area contributed by atoms with Gasteiger partial charge in [-0.1, -0.05) is 49.3 Å². The number of rotatable bonds is 6. The van der Waals surface area contributed by atoms with Crippen molar-refractivity contribution in [3.05, 3.63) is 89.6 Å². The molecule has 3 aromatic carbocycles. The number of aromatic nitrogens is 4. The van der Waals surface area contributed by atoms with Gasteiger partial charge in [0, 0.05) is 18.5 Å². The molecule has 7 heteroatoms. The van der Waals surface area contributed by atoms with Crippen LogP contribution in [-0.4, -0.2) is 30.3 Å². The lowest BCUT2D eigenvalue weighted by atomic mass is 9.95. The molecule has 0 saturated heterocycles. The predicted molar refractivity (Wildman–Crippen MR) is 140 cm³/mol. The second-order valence-corrected chi connectivity index (χ2v) is 9.24. The Morgan fingerprint density at radius 2 is 1.81 bits per heavy atom. The summed E-state index contributed by atoms with van der Waals surface area (Å²) in [5.41, 5.74) is 5.57. The molecular formula is C29H28N4O3. The number of ether oxygens (including phenoxy) is 1. The van der Waals surface area contributed by atoms with Gasteiger partial charge in [0.1, 0.15) is 12.4 Å². The molecule has 7 nitrogen and oxygen atoms in total. The van der Waals surface area contributed by atoms with Crippen LogP contribution in [0.5, 0.6) is 11.8 Å². The van der Waals surface area contributed by atoms with Gasteiger partial charge in [0.25, 0.3) is 0 Å². The van der Waals surface area contributed by atoms with Crippen LogP contribution in [0.3, 0.4) is 0 Å². The molecule has 0 aliphatic rings. The summed E-state index contributed by atoms with van der Waals surface area (Å²) < 4.78 is 9.49. The molecule has 0 aliphatic heterocycles. The minimum atomic E-state index is -0.226. The molecule has 0 amide bonds. The Balaban J connectivity index is 1.63. The Labute approximate surface area is 209 Å². The molecule has 5 rings (SSSR count). The summed E-state index contributed by atoms with van der Waals surface area (Å²) in [4.78, 5) is 11.9. The third kappa shape index (κ3) is 4.24. The van der Waals surface area contributed by atoms with Gasteiger partial charge in [-0.15, -0.1) is 5.10 Å². The Kier molecular flexibility index (Phi) is 6.06. The zero-order valence-electron chi connectivity index (χ0n) is 20.8. The summed E-state index contributed by atoms with van der Waals surface area (Å²) in [5.74, 6) is 1.37. The number of hydrogen-bond donors (Lipinski definition) is 1. The van der Waals surface area contributed by atoms with E-state index in [4.69, 9.17) is 4.74 Å². The van der Waals surface area contributed by atoms with E-state index in [2.05, 4.69) is 37.0 Å². The molecule has 0 saturated carbocycles. The molecule has 0 atom stereocenters. The summed E-state index contributed by atoms with van der Waals surface area (Å²) >= 11 is 0. The van der Waals surface area contributed by atoms with Gasteiger partial charge in [-0.05, 0) is 65.9 Å². The van der Waals surface area contributed by atoms with E-state index in [0.29, 0.717) is 29.8 Å². The molecule has 1 N–H and O–H groups in total. The van der Waals surface area contributed by atoms with Crippen LogP contribution in [0.2, 0.25) is 0 Å².